The number of aromatic nitrogens is 4. The van der Waals surface area contributed by atoms with Gasteiger partial charge in [-0.2, -0.15) is 0 Å². The van der Waals surface area contributed by atoms with Crippen molar-refractivity contribution in [3.05, 3.63) is 59.2 Å². The molecule has 0 spiro atoms. The lowest BCUT2D eigenvalue weighted by molar-refractivity contribution is 0.102. The average molecular weight is 438 g/mol. The van der Waals surface area contributed by atoms with Crippen molar-refractivity contribution in [2.24, 2.45) is 0 Å². The summed E-state index contributed by atoms with van der Waals surface area (Å²) in [5.41, 5.74) is 1.78. The van der Waals surface area contributed by atoms with E-state index in [2.05, 4.69) is 20.5 Å². The number of ether oxygens (including phenoxy) is 1. The first kappa shape index (κ1) is 21.4. The number of benzene rings is 1. The molecule has 1 aliphatic heterocycles. The van der Waals surface area contributed by atoms with Gasteiger partial charge in [-0.1, -0.05) is 6.07 Å². The van der Waals surface area contributed by atoms with E-state index in [0.717, 1.165) is 0 Å². The highest BCUT2D eigenvalue weighted by Crippen LogP contribution is 2.27. The zero-order valence-corrected chi connectivity index (χ0v) is 18.0. The fourth-order valence-electron chi connectivity index (χ4n) is 3.56. The molecule has 1 N–H and O–H groups in total. The number of anilines is 1. The molecule has 3 aromatic rings. The standard InChI is InChI=1S/C22H23FN6O3/c1-4-32-22(31)28-10-14-8-16(17(23)9-15(14)11-28)21(30)26-19-7-5-6-18(25-19)20-27-24-12-29(20)13(2)3/h5-9,12-13H,4,10-11H2,1-3H3,(H,25,26,30). The summed E-state index contributed by atoms with van der Waals surface area (Å²) in [6.45, 7) is 6.48. The summed E-state index contributed by atoms with van der Waals surface area (Å²) in [6, 6.07) is 8.00. The van der Waals surface area contributed by atoms with Crippen LogP contribution < -0.4 is 5.32 Å². The Morgan fingerprint density at radius 1 is 1.22 bits per heavy atom. The zero-order valence-electron chi connectivity index (χ0n) is 18.0. The van der Waals surface area contributed by atoms with Gasteiger partial charge in [-0.25, -0.2) is 14.2 Å². The van der Waals surface area contributed by atoms with Gasteiger partial charge in [0.2, 0.25) is 0 Å². The lowest BCUT2D eigenvalue weighted by atomic mass is 10.1. The highest BCUT2D eigenvalue weighted by atomic mass is 19.1. The van der Waals surface area contributed by atoms with Crippen LogP contribution in [0, 0.1) is 5.82 Å². The molecule has 9 nitrogen and oxygen atoms in total. The van der Waals surface area contributed by atoms with Gasteiger partial charge in [-0.15, -0.1) is 10.2 Å². The molecule has 0 atom stereocenters. The van der Waals surface area contributed by atoms with Gasteiger partial charge < -0.3 is 14.6 Å². The van der Waals surface area contributed by atoms with Gasteiger partial charge in [-0.3, -0.25) is 9.69 Å². The lowest BCUT2D eigenvalue weighted by Gasteiger charge is -2.13. The highest BCUT2D eigenvalue weighted by Gasteiger charge is 2.27. The first-order valence-electron chi connectivity index (χ1n) is 10.3. The second-order valence-corrected chi connectivity index (χ2v) is 7.67. The molecule has 1 aliphatic rings. The van der Waals surface area contributed by atoms with Crippen molar-refractivity contribution in [3.63, 3.8) is 0 Å². The van der Waals surface area contributed by atoms with Gasteiger partial charge in [0.1, 0.15) is 23.7 Å². The molecule has 10 heteroatoms. The predicted octanol–water partition coefficient (Wildman–Crippen LogP) is 3.78. The van der Waals surface area contributed by atoms with Crippen LogP contribution in [0.25, 0.3) is 11.5 Å². The van der Waals surface area contributed by atoms with Crippen LogP contribution in [0.4, 0.5) is 15.0 Å². The van der Waals surface area contributed by atoms with Crippen molar-refractivity contribution in [1.82, 2.24) is 24.6 Å². The number of halogens is 1. The van der Waals surface area contributed by atoms with Gasteiger partial charge in [0.25, 0.3) is 5.91 Å². The molecule has 166 valence electrons. The Morgan fingerprint density at radius 2 is 1.97 bits per heavy atom. The highest BCUT2D eigenvalue weighted by molar-refractivity contribution is 6.04. The van der Waals surface area contributed by atoms with E-state index in [1.54, 1.807) is 31.5 Å². The summed E-state index contributed by atoms with van der Waals surface area (Å²) in [4.78, 5) is 30.7. The molecule has 0 bridgehead atoms. The van der Waals surface area contributed by atoms with E-state index in [4.69, 9.17) is 4.74 Å². The van der Waals surface area contributed by atoms with Gasteiger partial charge in [-0.05, 0) is 56.2 Å². The van der Waals surface area contributed by atoms with Crippen LogP contribution in [-0.4, -0.2) is 43.3 Å². The Hall–Kier alpha value is -3.82. The second kappa shape index (κ2) is 8.74. The van der Waals surface area contributed by atoms with Gasteiger partial charge >= 0.3 is 6.09 Å². The van der Waals surface area contributed by atoms with E-state index < -0.39 is 17.8 Å². The van der Waals surface area contributed by atoms with E-state index in [1.165, 1.54) is 17.0 Å². The summed E-state index contributed by atoms with van der Waals surface area (Å²) in [7, 11) is 0. The van der Waals surface area contributed by atoms with Crippen LogP contribution in [0.3, 0.4) is 0 Å². The Kier molecular flexibility index (Phi) is 5.85. The summed E-state index contributed by atoms with van der Waals surface area (Å²) in [6.07, 6.45) is 1.15. The van der Waals surface area contributed by atoms with Crippen molar-refractivity contribution in [3.8, 4) is 11.5 Å². The molecular weight excluding hydrogens is 415 g/mol. The van der Waals surface area contributed by atoms with Crippen LogP contribution in [0.2, 0.25) is 0 Å². The van der Waals surface area contributed by atoms with Crippen molar-refractivity contribution in [2.75, 3.05) is 11.9 Å². The summed E-state index contributed by atoms with van der Waals surface area (Å²) < 4.78 is 21.5. The number of amides is 2. The second-order valence-electron chi connectivity index (χ2n) is 7.67. The summed E-state index contributed by atoms with van der Waals surface area (Å²) in [5.74, 6) is -0.463. The van der Waals surface area contributed by atoms with Crippen LogP contribution in [0.5, 0.6) is 0 Å². The third-order valence-electron chi connectivity index (χ3n) is 5.13. The first-order valence-corrected chi connectivity index (χ1v) is 10.3. The molecule has 32 heavy (non-hydrogen) atoms. The summed E-state index contributed by atoms with van der Waals surface area (Å²) >= 11 is 0. The normalized spacial score (nSPS) is 12.7. The number of fused-ring (bicyclic) bond motifs is 1. The third kappa shape index (κ3) is 4.16. The smallest absolute Gasteiger partial charge is 0.410 e. The Bertz CT molecular complexity index is 1180. The van der Waals surface area contributed by atoms with E-state index in [0.29, 0.717) is 22.6 Å². The van der Waals surface area contributed by atoms with Crippen LogP contribution >= 0.6 is 0 Å². The van der Waals surface area contributed by atoms with Crippen LogP contribution in [-0.2, 0) is 17.8 Å². The minimum Gasteiger partial charge on any atom is -0.450 e. The lowest BCUT2D eigenvalue weighted by Crippen LogP contribution is -2.25. The molecule has 4 rings (SSSR count). The van der Waals surface area contributed by atoms with Gasteiger partial charge in [0.05, 0.1) is 12.2 Å². The number of pyridine rings is 1. The minimum atomic E-state index is -0.664. The fraction of sp³-hybridized carbons (Fsp3) is 0.318. The van der Waals surface area contributed by atoms with Crippen molar-refractivity contribution in [2.45, 2.75) is 39.9 Å². The molecule has 0 radical (unpaired) electrons. The maximum atomic E-state index is 14.7. The monoisotopic (exact) mass is 438 g/mol. The fourth-order valence-corrected chi connectivity index (χ4v) is 3.56. The molecule has 0 aliphatic carbocycles. The van der Waals surface area contributed by atoms with Crippen LogP contribution in [0.1, 0.15) is 48.3 Å². The largest absolute Gasteiger partial charge is 0.450 e. The van der Waals surface area contributed by atoms with Gasteiger partial charge in [0.15, 0.2) is 5.82 Å². The quantitative estimate of drug-likeness (QED) is 0.650. The van der Waals surface area contributed by atoms with Crippen molar-refractivity contribution in [1.29, 1.82) is 0 Å². The first-order chi connectivity index (χ1) is 15.4. The maximum absolute atomic E-state index is 14.7. The molecular formula is C22H23FN6O3. The average Bonchev–Trinajstić information content (AvgIpc) is 3.40. The molecule has 0 saturated heterocycles. The van der Waals surface area contributed by atoms with E-state index in [9.17, 15) is 14.0 Å². The molecule has 0 fully saturated rings. The Labute approximate surface area is 184 Å². The SMILES string of the molecule is CCOC(=O)N1Cc2cc(F)c(C(=O)Nc3cccc(-c4nncn4C(C)C)n3)cc2C1. The minimum absolute atomic E-state index is 0.119. The van der Waals surface area contributed by atoms with E-state index in [-0.39, 0.29) is 37.1 Å². The van der Waals surface area contributed by atoms with Crippen LogP contribution in [0.15, 0.2) is 36.7 Å². The predicted molar refractivity (Wildman–Crippen MR) is 114 cm³/mol. The molecule has 2 aromatic heterocycles. The Morgan fingerprint density at radius 3 is 2.69 bits per heavy atom. The number of nitrogens with one attached hydrogen (secondary N) is 1. The molecule has 0 saturated carbocycles. The molecule has 3 heterocycles. The number of nitrogens with zero attached hydrogens (tertiary/aromatic N) is 5. The van der Waals surface area contributed by atoms with E-state index >= 15 is 0 Å². The number of rotatable bonds is 5. The Balaban J connectivity index is 1.54. The topological polar surface area (TPSA) is 102 Å². The van der Waals surface area contributed by atoms with E-state index in [1.807, 2.05) is 18.4 Å². The summed E-state index contributed by atoms with van der Waals surface area (Å²) in [5, 5.41) is 10.7. The molecule has 0 unspecified atom stereocenters. The number of hydrogen-bond acceptors (Lipinski definition) is 6. The maximum Gasteiger partial charge on any atom is 0.410 e. The molecule has 1 aromatic carbocycles. The number of carbonyl (C=O) groups excluding carboxylic acids is 2. The number of carbonyl (C=O) groups is 2. The molecule has 2 amide bonds. The third-order valence-corrected chi connectivity index (χ3v) is 5.13. The zero-order chi connectivity index (χ0) is 22.8. The van der Waals surface area contributed by atoms with Gasteiger partial charge in [0, 0.05) is 19.1 Å². The van der Waals surface area contributed by atoms with Crippen molar-refractivity contribution < 1.29 is 18.7 Å². The number of hydrogen-bond donors (Lipinski definition) is 1. The van der Waals surface area contributed by atoms with Crippen molar-refractivity contribution >= 4 is 17.8 Å².